The molecule has 0 bridgehead atoms. The maximum Gasteiger partial charge on any atom is 0.134 e. The largest absolute Gasteiger partial charge is 0.461 e. The van der Waals surface area contributed by atoms with E-state index >= 15 is 0 Å². The molecule has 35 heavy (non-hydrogen) atoms. The monoisotopic (exact) mass is 455 g/mol. The Bertz CT molecular complexity index is 1590. The summed E-state index contributed by atoms with van der Waals surface area (Å²) in [5, 5.41) is 7.82. The third kappa shape index (κ3) is 4.00. The Morgan fingerprint density at radius 3 is 2.34 bits per heavy atom. The molecule has 0 spiro atoms. The first-order valence-corrected chi connectivity index (χ1v) is 12.5. The highest BCUT2D eigenvalue weighted by molar-refractivity contribution is 6.14. The summed E-state index contributed by atoms with van der Waals surface area (Å²) >= 11 is 0. The highest BCUT2D eigenvalue weighted by Crippen LogP contribution is 2.41. The molecule has 0 aliphatic heterocycles. The third-order valence-corrected chi connectivity index (χ3v) is 7.34. The van der Waals surface area contributed by atoms with Gasteiger partial charge in [-0.1, -0.05) is 67.6 Å². The fourth-order valence-corrected chi connectivity index (χ4v) is 5.55. The zero-order valence-electron chi connectivity index (χ0n) is 20.3. The molecule has 0 saturated carbocycles. The van der Waals surface area contributed by atoms with Crippen LogP contribution in [-0.2, 0) is 6.42 Å². The second-order valence-corrected chi connectivity index (χ2v) is 9.62. The normalized spacial score (nSPS) is 15.1. The van der Waals surface area contributed by atoms with Crippen LogP contribution >= 0.6 is 0 Å². The van der Waals surface area contributed by atoms with Crippen LogP contribution < -0.4 is 0 Å². The molecule has 0 N–H and O–H groups in total. The minimum atomic E-state index is 0.661. The lowest BCUT2D eigenvalue weighted by molar-refractivity contribution is 0.549. The molecule has 1 aliphatic rings. The zero-order valence-corrected chi connectivity index (χ0v) is 20.3. The zero-order chi connectivity index (χ0) is 23.8. The first-order chi connectivity index (χ1) is 17.2. The first-order valence-electron chi connectivity index (χ1n) is 12.5. The van der Waals surface area contributed by atoms with Crippen LogP contribution in [-0.4, -0.2) is 4.98 Å². The number of hydrogen-bond acceptors (Lipinski definition) is 2. The summed E-state index contributed by atoms with van der Waals surface area (Å²) < 4.78 is 5.99. The average molecular weight is 456 g/mol. The lowest BCUT2D eigenvalue weighted by Crippen LogP contribution is -2.07. The van der Waals surface area contributed by atoms with E-state index in [4.69, 9.17) is 4.42 Å². The summed E-state index contributed by atoms with van der Waals surface area (Å²) in [6.07, 6.45) is 7.45. The molecule has 2 nitrogen and oxygen atoms in total. The Balaban J connectivity index is 0.000000191. The highest BCUT2D eigenvalue weighted by atomic mass is 16.3. The number of pyridine rings is 1. The third-order valence-electron chi connectivity index (χ3n) is 7.34. The summed E-state index contributed by atoms with van der Waals surface area (Å²) in [4.78, 5) is 4.01. The summed E-state index contributed by atoms with van der Waals surface area (Å²) in [7, 11) is 0. The van der Waals surface area contributed by atoms with E-state index < -0.39 is 0 Å². The summed E-state index contributed by atoms with van der Waals surface area (Å²) in [6.45, 7) is 4.37. The second-order valence-electron chi connectivity index (χ2n) is 9.62. The van der Waals surface area contributed by atoms with E-state index in [-0.39, 0.29) is 0 Å². The van der Waals surface area contributed by atoms with Crippen LogP contribution in [0.4, 0.5) is 0 Å². The molecule has 0 saturated heterocycles. The van der Waals surface area contributed by atoms with E-state index in [1.54, 1.807) is 5.56 Å². The Hall–Kier alpha value is -3.91. The van der Waals surface area contributed by atoms with E-state index in [0.717, 1.165) is 11.5 Å². The maximum atomic E-state index is 5.99. The fourth-order valence-electron chi connectivity index (χ4n) is 5.55. The summed E-state index contributed by atoms with van der Waals surface area (Å²) in [5.74, 6) is 2.59. The van der Waals surface area contributed by atoms with Gasteiger partial charge < -0.3 is 4.42 Å². The Labute approximate surface area is 206 Å². The number of aromatic nitrogens is 1. The summed E-state index contributed by atoms with van der Waals surface area (Å²) in [5.41, 5.74) is 4.30. The maximum absolute atomic E-state index is 5.99. The Morgan fingerprint density at radius 2 is 1.54 bits per heavy atom. The van der Waals surface area contributed by atoms with Crippen molar-refractivity contribution in [2.45, 2.75) is 39.0 Å². The van der Waals surface area contributed by atoms with Crippen molar-refractivity contribution in [1.29, 1.82) is 0 Å². The number of hydrogen-bond donors (Lipinski definition) is 0. The molecular formula is C33H29NO. The molecule has 2 heteroatoms. The fraction of sp³-hybridized carbons (Fsp3) is 0.182. The van der Waals surface area contributed by atoms with Gasteiger partial charge in [-0.2, -0.15) is 0 Å². The van der Waals surface area contributed by atoms with Crippen molar-refractivity contribution in [3.8, 4) is 11.3 Å². The molecule has 1 unspecified atom stereocenters. The van der Waals surface area contributed by atoms with E-state index in [0.29, 0.717) is 5.92 Å². The van der Waals surface area contributed by atoms with Gasteiger partial charge in [0.25, 0.3) is 0 Å². The molecule has 2 heterocycles. The number of fused-ring (bicyclic) bond motifs is 6. The average Bonchev–Trinajstić information content (AvgIpc) is 3.34. The van der Waals surface area contributed by atoms with Crippen molar-refractivity contribution in [3.63, 3.8) is 0 Å². The lowest BCUT2D eigenvalue weighted by Gasteiger charge is -2.24. The van der Waals surface area contributed by atoms with Crippen molar-refractivity contribution in [3.05, 3.63) is 114 Å². The van der Waals surface area contributed by atoms with Crippen LogP contribution in [0.1, 0.15) is 42.6 Å². The molecule has 7 rings (SSSR count). The van der Waals surface area contributed by atoms with Crippen LogP contribution in [0.15, 0.2) is 102 Å². The van der Waals surface area contributed by atoms with Gasteiger partial charge in [0.05, 0.1) is 0 Å². The van der Waals surface area contributed by atoms with Gasteiger partial charge in [0.2, 0.25) is 0 Å². The molecule has 2 aromatic heterocycles. The number of benzene rings is 4. The van der Waals surface area contributed by atoms with Gasteiger partial charge in [0.15, 0.2) is 0 Å². The number of rotatable bonds is 1. The van der Waals surface area contributed by atoms with Crippen LogP contribution in [0.25, 0.3) is 43.6 Å². The topological polar surface area (TPSA) is 26.0 Å². The molecule has 1 atom stereocenters. The molecule has 6 aromatic rings. The smallest absolute Gasteiger partial charge is 0.134 e. The van der Waals surface area contributed by atoms with Crippen LogP contribution in [0.2, 0.25) is 0 Å². The van der Waals surface area contributed by atoms with E-state index in [2.05, 4.69) is 78.6 Å². The summed E-state index contributed by atoms with van der Waals surface area (Å²) in [6, 6.07) is 30.1. The van der Waals surface area contributed by atoms with Gasteiger partial charge in [0.1, 0.15) is 11.5 Å². The minimum Gasteiger partial charge on any atom is -0.461 e. The van der Waals surface area contributed by atoms with Gasteiger partial charge >= 0.3 is 0 Å². The number of nitrogens with zero attached hydrogens (tertiary/aromatic N) is 1. The molecule has 0 amide bonds. The van der Waals surface area contributed by atoms with Crippen molar-refractivity contribution in [2.75, 3.05) is 0 Å². The van der Waals surface area contributed by atoms with Crippen molar-refractivity contribution >= 4 is 32.3 Å². The van der Waals surface area contributed by atoms with Crippen LogP contribution in [0.5, 0.6) is 0 Å². The highest BCUT2D eigenvalue weighted by Gasteiger charge is 2.20. The van der Waals surface area contributed by atoms with Gasteiger partial charge in [-0.3, -0.25) is 4.98 Å². The van der Waals surface area contributed by atoms with Gasteiger partial charge in [-0.25, -0.2) is 0 Å². The Kier molecular flexibility index (Phi) is 5.58. The standard InChI is InChI=1S/C24H22O.C9H7N/c1-15-6-5-9-18-17(15)11-12-21-19-7-3-4-8-20(19)23(14-22(18)21)24-13-10-16(2)25-24;1-2-4-9-7-10-6-5-8(9)3-1/h3-4,7-8,10-15H,5-6,9H2,1-2H3;1-7H. The second kappa shape index (κ2) is 9.03. The van der Waals surface area contributed by atoms with Crippen molar-refractivity contribution < 1.29 is 4.42 Å². The lowest BCUT2D eigenvalue weighted by atomic mass is 9.80. The van der Waals surface area contributed by atoms with E-state index in [9.17, 15) is 0 Å². The predicted octanol–water partition coefficient (Wildman–Crippen LogP) is 9.24. The van der Waals surface area contributed by atoms with Gasteiger partial charge in [-0.15, -0.1) is 0 Å². The molecule has 1 aliphatic carbocycles. The van der Waals surface area contributed by atoms with Crippen LogP contribution in [0.3, 0.4) is 0 Å². The van der Waals surface area contributed by atoms with Gasteiger partial charge in [-0.05, 0) is 99.8 Å². The molecule has 0 radical (unpaired) electrons. The molecule has 172 valence electrons. The SMILES string of the molecule is Cc1ccc(-c2cc3c4c(ccc3c3ccccc23)C(C)CCC4)o1.c1ccc2cnccc2c1. The van der Waals surface area contributed by atoms with Gasteiger partial charge in [0, 0.05) is 18.0 Å². The quantitative estimate of drug-likeness (QED) is 0.231. The molecule has 4 aromatic carbocycles. The van der Waals surface area contributed by atoms with E-state index in [1.807, 2.05) is 37.5 Å². The molecule has 0 fully saturated rings. The Morgan fingerprint density at radius 1 is 0.771 bits per heavy atom. The van der Waals surface area contributed by atoms with Crippen molar-refractivity contribution in [1.82, 2.24) is 4.98 Å². The number of furan rings is 1. The number of aryl methyl sites for hydroxylation is 2. The molecular weight excluding hydrogens is 426 g/mol. The van der Waals surface area contributed by atoms with Crippen molar-refractivity contribution in [2.24, 2.45) is 0 Å². The van der Waals surface area contributed by atoms with Crippen LogP contribution in [0, 0.1) is 6.92 Å². The first kappa shape index (κ1) is 21.6. The van der Waals surface area contributed by atoms with E-state index in [1.165, 1.54) is 62.7 Å². The minimum absolute atomic E-state index is 0.661. The predicted molar refractivity (Wildman–Crippen MR) is 147 cm³/mol.